The fourth-order valence-electron chi connectivity index (χ4n) is 3.00. The standard InChI is InChI=1S/C23H38N2O5/c1-6-28-21(29-7-2)17-25(15-11-14-18-12-9-8-10-13-18)22(27)19(24)16-20(26)30-23(3,4)5/h8-10,12-13,19,21H,6-7,11,14-17,24H2,1-5H3/t19-/m0/s1. The quantitative estimate of drug-likeness (QED) is 0.388. The molecule has 0 heterocycles. The number of carbonyl (C=O) groups excluding carboxylic acids is 2. The Morgan fingerprint density at radius 2 is 1.67 bits per heavy atom. The van der Waals surface area contributed by atoms with Crippen LogP contribution in [0.15, 0.2) is 30.3 Å². The molecule has 0 aliphatic rings. The molecule has 0 aliphatic carbocycles. The van der Waals surface area contributed by atoms with Crippen molar-refractivity contribution in [3.05, 3.63) is 35.9 Å². The number of hydrogen-bond acceptors (Lipinski definition) is 6. The van der Waals surface area contributed by atoms with Gasteiger partial charge in [-0.15, -0.1) is 0 Å². The number of hydrogen-bond donors (Lipinski definition) is 1. The van der Waals surface area contributed by atoms with Crippen molar-refractivity contribution < 1.29 is 23.8 Å². The van der Waals surface area contributed by atoms with Crippen LogP contribution in [0.3, 0.4) is 0 Å². The number of amides is 1. The van der Waals surface area contributed by atoms with Crippen LogP contribution in [0.4, 0.5) is 0 Å². The van der Waals surface area contributed by atoms with Crippen molar-refractivity contribution in [3.8, 4) is 0 Å². The van der Waals surface area contributed by atoms with E-state index in [9.17, 15) is 9.59 Å². The number of esters is 1. The molecular weight excluding hydrogens is 384 g/mol. The smallest absolute Gasteiger partial charge is 0.308 e. The van der Waals surface area contributed by atoms with Gasteiger partial charge in [-0.3, -0.25) is 9.59 Å². The molecule has 0 fully saturated rings. The van der Waals surface area contributed by atoms with Crippen LogP contribution < -0.4 is 5.73 Å². The van der Waals surface area contributed by atoms with E-state index in [-0.39, 0.29) is 18.9 Å². The van der Waals surface area contributed by atoms with Crippen LogP contribution in [0.1, 0.15) is 53.0 Å². The highest BCUT2D eigenvalue weighted by atomic mass is 16.7. The predicted molar refractivity (Wildman–Crippen MR) is 117 cm³/mol. The molecule has 0 unspecified atom stereocenters. The van der Waals surface area contributed by atoms with E-state index < -0.39 is 23.9 Å². The highest BCUT2D eigenvalue weighted by molar-refractivity contribution is 5.86. The first-order valence-corrected chi connectivity index (χ1v) is 10.7. The first-order chi connectivity index (χ1) is 14.2. The Kier molecular flexibility index (Phi) is 11.6. The highest BCUT2D eigenvalue weighted by Crippen LogP contribution is 2.12. The molecule has 1 amide bonds. The average molecular weight is 423 g/mol. The Bertz CT molecular complexity index is 624. The third-order valence-corrected chi connectivity index (χ3v) is 4.25. The summed E-state index contributed by atoms with van der Waals surface area (Å²) in [6, 6.07) is 9.11. The molecule has 0 saturated heterocycles. The zero-order valence-electron chi connectivity index (χ0n) is 19.1. The summed E-state index contributed by atoms with van der Waals surface area (Å²) < 4.78 is 16.5. The van der Waals surface area contributed by atoms with Crippen molar-refractivity contribution in [2.75, 3.05) is 26.3 Å². The summed E-state index contributed by atoms with van der Waals surface area (Å²) in [5, 5.41) is 0. The second-order valence-electron chi connectivity index (χ2n) is 8.11. The van der Waals surface area contributed by atoms with Gasteiger partial charge in [0.15, 0.2) is 6.29 Å². The maximum atomic E-state index is 13.0. The van der Waals surface area contributed by atoms with Crippen LogP contribution in [-0.2, 0) is 30.2 Å². The van der Waals surface area contributed by atoms with E-state index in [0.29, 0.717) is 19.8 Å². The van der Waals surface area contributed by atoms with Gasteiger partial charge in [0.25, 0.3) is 0 Å². The van der Waals surface area contributed by atoms with Crippen molar-refractivity contribution in [1.29, 1.82) is 0 Å². The lowest BCUT2D eigenvalue weighted by molar-refractivity contribution is -0.162. The van der Waals surface area contributed by atoms with Crippen LogP contribution in [0.5, 0.6) is 0 Å². The Morgan fingerprint density at radius 3 is 2.20 bits per heavy atom. The van der Waals surface area contributed by atoms with Gasteiger partial charge < -0.3 is 24.8 Å². The molecule has 0 bridgehead atoms. The maximum absolute atomic E-state index is 13.0. The Balaban J connectivity index is 2.77. The van der Waals surface area contributed by atoms with Crippen LogP contribution in [0, 0.1) is 0 Å². The van der Waals surface area contributed by atoms with E-state index in [1.165, 1.54) is 5.56 Å². The Hall–Kier alpha value is -1.96. The number of carbonyl (C=O) groups is 2. The fourth-order valence-corrected chi connectivity index (χ4v) is 3.00. The molecule has 2 N–H and O–H groups in total. The molecule has 7 nitrogen and oxygen atoms in total. The van der Waals surface area contributed by atoms with Crippen LogP contribution >= 0.6 is 0 Å². The van der Waals surface area contributed by atoms with Crippen molar-refractivity contribution in [2.45, 2.75) is 71.8 Å². The van der Waals surface area contributed by atoms with Gasteiger partial charge in [-0.25, -0.2) is 0 Å². The fraction of sp³-hybridized carbons (Fsp3) is 0.652. The minimum Gasteiger partial charge on any atom is -0.460 e. The lowest BCUT2D eigenvalue weighted by Crippen LogP contribution is -2.49. The molecule has 1 aromatic rings. The third-order valence-electron chi connectivity index (χ3n) is 4.25. The van der Waals surface area contributed by atoms with Gasteiger partial charge in [-0.2, -0.15) is 0 Å². The topological polar surface area (TPSA) is 91.1 Å². The molecule has 0 saturated carbocycles. The molecule has 0 aromatic heterocycles. The molecule has 1 atom stereocenters. The Morgan fingerprint density at radius 1 is 1.07 bits per heavy atom. The molecule has 1 aromatic carbocycles. The average Bonchev–Trinajstić information content (AvgIpc) is 2.66. The summed E-state index contributed by atoms with van der Waals surface area (Å²) in [4.78, 5) is 26.7. The van der Waals surface area contributed by atoms with Gasteiger partial charge in [0, 0.05) is 19.8 Å². The van der Waals surface area contributed by atoms with Crippen molar-refractivity contribution in [2.24, 2.45) is 5.73 Å². The molecule has 0 radical (unpaired) electrons. The molecule has 7 heteroatoms. The first kappa shape index (κ1) is 26.1. The Labute approximate surface area is 180 Å². The van der Waals surface area contributed by atoms with Crippen LogP contribution in [-0.4, -0.2) is 61.0 Å². The zero-order chi connectivity index (χ0) is 22.6. The van der Waals surface area contributed by atoms with Gasteiger partial charge in [0.05, 0.1) is 19.0 Å². The van der Waals surface area contributed by atoms with Gasteiger partial charge in [0.1, 0.15) is 5.60 Å². The van der Waals surface area contributed by atoms with E-state index in [1.54, 1.807) is 25.7 Å². The summed E-state index contributed by atoms with van der Waals surface area (Å²) in [6.07, 6.45) is 0.897. The normalized spacial score (nSPS) is 12.6. The summed E-state index contributed by atoms with van der Waals surface area (Å²) >= 11 is 0. The van der Waals surface area contributed by atoms with E-state index in [0.717, 1.165) is 12.8 Å². The predicted octanol–water partition coefficient (Wildman–Crippen LogP) is 2.91. The third kappa shape index (κ3) is 10.7. The van der Waals surface area contributed by atoms with E-state index in [1.807, 2.05) is 32.0 Å². The molecular formula is C23H38N2O5. The minimum atomic E-state index is -0.972. The minimum absolute atomic E-state index is 0.167. The molecule has 170 valence electrons. The van der Waals surface area contributed by atoms with E-state index in [2.05, 4.69) is 12.1 Å². The second kappa shape index (κ2) is 13.4. The van der Waals surface area contributed by atoms with Gasteiger partial charge >= 0.3 is 5.97 Å². The molecule has 1 rings (SSSR count). The highest BCUT2D eigenvalue weighted by Gasteiger charge is 2.28. The SMILES string of the molecule is CCOC(CN(CCCc1ccccc1)C(=O)[C@@H](N)CC(=O)OC(C)(C)C)OCC. The molecule has 0 spiro atoms. The van der Waals surface area contributed by atoms with Gasteiger partial charge in [0.2, 0.25) is 5.91 Å². The monoisotopic (exact) mass is 422 g/mol. The molecule has 30 heavy (non-hydrogen) atoms. The lowest BCUT2D eigenvalue weighted by atomic mass is 10.1. The molecule has 0 aliphatic heterocycles. The summed E-state index contributed by atoms with van der Waals surface area (Å²) in [6.45, 7) is 10.8. The van der Waals surface area contributed by atoms with Crippen LogP contribution in [0.25, 0.3) is 0 Å². The van der Waals surface area contributed by atoms with Crippen molar-refractivity contribution >= 4 is 11.9 Å². The van der Waals surface area contributed by atoms with E-state index >= 15 is 0 Å². The number of benzene rings is 1. The van der Waals surface area contributed by atoms with Gasteiger partial charge in [-0.05, 0) is 53.0 Å². The summed E-state index contributed by atoms with van der Waals surface area (Å²) in [5.41, 5.74) is 6.65. The number of rotatable bonds is 13. The maximum Gasteiger partial charge on any atom is 0.308 e. The lowest BCUT2D eigenvalue weighted by Gasteiger charge is -2.29. The first-order valence-electron chi connectivity index (χ1n) is 10.7. The largest absolute Gasteiger partial charge is 0.460 e. The number of ether oxygens (including phenoxy) is 3. The van der Waals surface area contributed by atoms with E-state index in [4.69, 9.17) is 19.9 Å². The van der Waals surface area contributed by atoms with Crippen molar-refractivity contribution in [1.82, 2.24) is 4.90 Å². The van der Waals surface area contributed by atoms with Crippen LogP contribution in [0.2, 0.25) is 0 Å². The van der Waals surface area contributed by atoms with Crippen molar-refractivity contribution in [3.63, 3.8) is 0 Å². The summed E-state index contributed by atoms with van der Waals surface area (Å²) in [5.74, 6) is -0.794. The zero-order valence-corrected chi connectivity index (χ0v) is 19.1. The summed E-state index contributed by atoms with van der Waals surface area (Å²) in [7, 11) is 0. The number of nitrogens with zero attached hydrogens (tertiary/aromatic N) is 1. The van der Waals surface area contributed by atoms with Gasteiger partial charge in [-0.1, -0.05) is 30.3 Å². The second-order valence-corrected chi connectivity index (χ2v) is 8.11. The number of aryl methyl sites for hydroxylation is 1. The number of nitrogens with two attached hydrogens (primary N) is 1.